The maximum atomic E-state index is 10.8. The second-order valence-electron chi connectivity index (χ2n) is 2.77. The molecule has 3 heteroatoms. The highest BCUT2D eigenvalue weighted by atomic mass is 32.1. The van der Waals surface area contributed by atoms with Gasteiger partial charge >= 0.3 is 0 Å². The fourth-order valence-electron chi connectivity index (χ4n) is 1.25. The molecule has 0 aliphatic heterocycles. The zero-order valence-electron chi connectivity index (χ0n) is 7.77. The van der Waals surface area contributed by atoms with E-state index in [0.29, 0.717) is 22.5 Å². The van der Waals surface area contributed by atoms with Gasteiger partial charge in [-0.25, -0.2) is 4.21 Å². The molecule has 0 spiro atoms. The molecule has 74 valence electrons. The molecule has 1 rings (SSSR count). The first-order valence-corrected chi connectivity index (χ1v) is 5.06. The SMILES string of the molecule is C=Cc1ccccc1C(CCO)=S=O. The summed E-state index contributed by atoms with van der Waals surface area (Å²) in [7, 11) is 0. The Labute approximate surface area is 87.0 Å². The summed E-state index contributed by atoms with van der Waals surface area (Å²) < 4.78 is 10.8. The molecular weight excluding hydrogens is 196 g/mol. The van der Waals surface area contributed by atoms with Crippen LogP contribution in [0, 0.1) is 0 Å². The molecule has 1 N–H and O–H groups in total. The normalized spacial score (nSPS) is 9.50. The molecule has 0 fully saturated rings. The molecule has 0 bridgehead atoms. The zero-order chi connectivity index (χ0) is 10.4. The highest BCUT2D eigenvalue weighted by molar-refractivity contribution is 7.67. The molecule has 0 saturated carbocycles. The van der Waals surface area contributed by atoms with Crippen LogP contribution >= 0.6 is 0 Å². The Kier molecular flexibility index (Phi) is 4.29. The molecule has 1 aromatic carbocycles. The molecule has 0 unspecified atom stereocenters. The monoisotopic (exact) mass is 208 g/mol. The summed E-state index contributed by atoms with van der Waals surface area (Å²) in [5.41, 5.74) is 1.80. The van der Waals surface area contributed by atoms with E-state index in [1.807, 2.05) is 24.3 Å². The van der Waals surface area contributed by atoms with Crippen LogP contribution in [0.25, 0.3) is 6.08 Å². The van der Waals surface area contributed by atoms with Crippen LogP contribution in [-0.4, -0.2) is 20.8 Å². The summed E-state index contributed by atoms with van der Waals surface area (Å²) >= 11 is 0.436. The van der Waals surface area contributed by atoms with Crippen molar-refractivity contribution < 1.29 is 9.32 Å². The van der Waals surface area contributed by atoms with Crippen LogP contribution in [0.15, 0.2) is 30.8 Å². The number of aliphatic hydroxyl groups excluding tert-OH is 1. The average Bonchev–Trinajstić information content (AvgIpc) is 2.26. The van der Waals surface area contributed by atoms with Gasteiger partial charge in [-0.15, -0.1) is 0 Å². The van der Waals surface area contributed by atoms with Gasteiger partial charge in [0.05, 0.1) is 16.1 Å². The lowest BCUT2D eigenvalue weighted by Crippen LogP contribution is -2.05. The lowest BCUT2D eigenvalue weighted by molar-refractivity contribution is 0.308. The first kappa shape index (κ1) is 10.9. The van der Waals surface area contributed by atoms with E-state index >= 15 is 0 Å². The van der Waals surface area contributed by atoms with Gasteiger partial charge in [0.15, 0.2) is 0 Å². The van der Waals surface area contributed by atoms with E-state index in [1.54, 1.807) is 6.08 Å². The highest BCUT2D eigenvalue weighted by Crippen LogP contribution is 2.12. The Morgan fingerprint density at radius 3 is 2.79 bits per heavy atom. The minimum Gasteiger partial charge on any atom is -0.396 e. The maximum absolute atomic E-state index is 10.8. The van der Waals surface area contributed by atoms with Crippen molar-refractivity contribution in [3.63, 3.8) is 0 Å². The van der Waals surface area contributed by atoms with Gasteiger partial charge in [-0.05, 0) is 11.1 Å². The Balaban J connectivity index is 3.16. The summed E-state index contributed by atoms with van der Waals surface area (Å²) in [4.78, 5) is 0.656. The van der Waals surface area contributed by atoms with Crippen molar-refractivity contribution in [1.29, 1.82) is 0 Å². The molecule has 0 heterocycles. The van der Waals surface area contributed by atoms with Gasteiger partial charge in [0.25, 0.3) is 0 Å². The van der Waals surface area contributed by atoms with Crippen molar-refractivity contribution in [2.24, 2.45) is 0 Å². The molecule has 0 amide bonds. The molecular formula is C11H12O2S. The third-order valence-electron chi connectivity index (χ3n) is 1.92. The van der Waals surface area contributed by atoms with Gasteiger partial charge in [-0.1, -0.05) is 36.9 Å². The van der Waals surface area contributed by atoms with Gasteiger partial charge in [-0.2, -0.15) is 0 Å². The van der Waals surface area contributed by atoms with Gasteiger partial charge in [0, 0.05) is 13.0 Å². The fraction of sp³-hybridized carbons (Fsp3) is 0.182. The van der Waals surface area contributed by atoms with Crippen LogP contribution in [0.5, 0.6) is 0 Å². The number of benzene rings is 1. The van der Waals surface area contributed by atoms with Crippen molar-refractivity contribution in [1.82, 2.24) is 0 Å². The predicted octanol–water partition coefficient (Wildman–Crippen LogP) is 1.45. The van der Waals surface area contributed by atoms with Crippen molar-refractivity contribution in [3.05, 3.63) is 42.0 Å². The Morgan fingerprint density at radius 2 is 2.21 bits per heavy atom. The van der Waals surface area contributed by atoms with Crippen LogP contribution in [0.1, 0.15) is 17.5 Å². The Morgan fingerprint density at radius 1 is 1.50 bits per heavy atom. The number of hydrogen-bond donors (Lipinski definition) is 1. The minimum atomic E-state index is -0.00392. The summed E-state index contributed by atoms with van der Waals surface area (Å²) in [5.74, 6) is 0. The number of rotatable bonds is 4. The second-order valence-corrected chi connectivity index (χ2v) is 3.43. The summed E-state index contributed by atoms with van der Waals surface area (Å²) in [6.07, 6.45) is 2.11. The fourth-order valence-corrected chi connectivity index (χ4v) is 1.70. The van der Waals surface area contributed by atoms with Crippen LogP contribution in [0.4, 0.5) is 0 Å². The zero-order valence-corrected chi connectivity index (χ0v) is 8.59. The smallest absolute Gasteiger partial charge is 0.0927 e. The van der Waals surface area contributed by atoms with Crippen molar-refractivity contribution in [3.8, 4) is 0 Å². The van der Waals surface area contributed by atoms with Crippen LogP contribution in [-0.2, 0) is 11.3 Å². The molecule has 0 atom stereocenters. The molecule has 0 aromatic heterocycles. The second kappa shape index (κ2) is 5.52. The maximum Gasteiger partial charge on any atom is 0.0927 e. The standard InChI is InChI=1S/C11H12O2S/c1-2-9-5-3-4-6-10(9)11(14-13)7-8-12/h2-6,12H,1,7-8H2. The van der Waals surface area contributed by atoms with Crippen LogP contribution in [0.3, 0.4) is 0 Å². The first-order chi connectivity index (χ1) is 6.83. The summed E-state index contributed by atoms with van der Waals surface area (Å²) in [5, 5.41) is 8.79. The average molecular weight is 208 g/mol. The van der Waals surface area contributed by atoms with Crippen LogP contribution < -0.4 is 0 Å². The quantitative estimate of drug-likeness (QED) is 0.600. The molecule has 0 saturated heterocycles. The van der Waals surface area contributed by atoms with E-state index in [4.69, 9.17) is 5.11 Å². The Hall–Kier alpha value is -1.19. The topological polar surface area (TPSA) is 37.3 Å². The van der Waals surface area contributed by atoms with E-state index in [2.05, 4.69) is 6.58 Å². The minimum absolute atomic E-state index is 0.00392. The third-order valence-corrected chi connectivity index (χ3v) is 2.55. The lowest BCUT2D eigenvalue weighted by atomic mass is 10.0. The summed E-state index contributed by atoms with van der Waals surface area (Å²) in [6.45, 7) is 3.68. The predicted molar refractivity (Wildman–Crippen MR) is 60.5 cm³/mol. The van der Waals surface area contributed by atoms with Crippen molar-refractivity contribution in [2.45, 2.75) is 6.42 Å². The molecule has 2 nitrogen and oxygen atoms in total. The molecule has 0 aliphatic rings. The third kappa shape index (κ3) is 2.40. The molecule has 0 radical (unpaired) electrons. The summed E-state index contributed by atoms with van der Waals surface area (Å²) in [6, 6.07) is 7.53. The van der Waals surface area contributed by atoms with E-state index < -0.39 is 0 Å². The van der Waals surface area contributed by atoms with E-state index in [0.717, 1.165) is 11.1 Å². The van der Waals surface area contributed by atoms with Crippen LogP contribution in [0.2, 0.25) is 0 Å². The first-order valence-electron chi connectivity index (χ1n) is 4.31. The molecule has 0 aliphatic carbocycles. The van der Waals surface area contributed by atoms with Gasteiger partial charge in [-0.3, -0.25) is 0 Å². The largest absolute Gasteiger partial charge is 0.396 e. The molecule has 14 heavy (non-hydrogen) atoms. The Bertz CT molecular complexity index is 379. The van der Waals surface area contributed by atoms with Gasteiger partial charge in [0.2, 0.25) is 0 Å². The van der Waals surface area contributed by atoms with E-state index in [9.17, 15) is 4.21 Å². The molecule has 1 aromatic rings. The van der Waals surface area contributed by atoms with E-state index in [1.165, 1.54) is 0 Å². The van der Waals surface area contributed by atoms with Crippen molar-refractivity contribution in [2.75, 3.05) is 6.61 Å². The number of aliphatic hydroxyl groups is 1. The van der Waals surface area contributed by atoms with Gasteiger partial charge < -0.3 is 5.11 Å². The lowest BCUT2D eigenvalue weighted by Gasteiger charge is -2.05. The number of hydrogen-bond acceptors (Lipinski definition) is 2. The van der Waals surface area contributed by atoms with E-state index in [-0.39, 0.29) is 6.61 Å². The van der Waals surface area contributed by atoms with Gasteiger partial charge in [0.1, 0.15) is 0 Å². The highest BCUT2D eigenvalue weighted by Gasteiger charge is 2.05. The van der Waals surface area contributed by atoms with Crippen molar-refractivity contribution >= 4 is 22.2 Å².